The van der Waals surface area contributed by atoms with Crippen LogP contribution in [0.2, 0.25) is 0 Å². The zero-order valence-corrected chi connectivity index (χ0v) is 12.9. The largest absolute Gasteiger partial charge is 0.480 e. The highest BCUT2D eigenvalue weighted by atomic mass is 16.4. The average Bonchev–Trinajstić information content (AvgIpc) is 2.38. The molecule has 1 aromatic rings. The molecule has 0 spiro atoms. The standard InChI is InChI=1S/C16H24N2O3/c1-4-9-18(11-16(20)21)10-15(19)17-14-7-5-13(6-8-14)12(2)3/h5-8,12H,4,9-11H2,1-3H3,(H,17,19)(H,20,21). The van der Waals surface area contributed by atoms with Crippen LogP contribution in [0.4, 0.5) is 5.69 Å². The second-order valence-electron chi connectivity index (χ2n) is 5.43. The molecule has 116 valence electrons. The average molecular weight is 292 g/mol. The predicted molar refractivity (Wildman–Crippen MR) is 83.5 cm³/mol. The number of rotatable bonds is 8. The van der Waals surface area contributed by atoms with Gasteiger partial charge in [-0.15, -0.1) is 0 Å². The van der Waals surface area contributed by atoms with Crippen LogP contribution in [0.25, 0.3) is 0 Å². The Hall–Kier alpha value is -1.88. The van der Waals surface area contributed by atoms with Crippen LogP contribution < -0.4 is 5.32 Å². The molecule has 0 heterocycles. The van der Waals surface area contributed by atoms with E-state index in [0.29, 0.717) is 12.5 Å². The summed E-state index contributed by atoms with van der Waals surface area (Å²) < 4.78 is 0. The van der Waals surface area contributed by atoms with E-state index in [1.165, 1.54) is 5.56 Å². The summed E-state index contributed by atoms with van der Waals surface area (Å²) in [6.07, 6.45) is 0.809. The van der Waals surface area contributed by atoms with E-state index in [1.54, 1.807) is 4.90 Å². The van der Waals surface area contributed by atoms with Crippen LogP contribution in [-0.4, -0.2) is 41.5 Å². The lowest BCUT2D eigenvalue weighted by Crippen LogP contribution is -2.37. The van der Waals surface area contributed by atoms with E-state index in [0.717, 1.165) is 12.1 Å². The summed E-state index contributed by atoms with van der Waals surface area (Å²) in [6.45, 7) is 6.74. The van der Waals surface area contributed by atoms with E-state index in [9.17, 15) is 9.59 Å². The molecular formula is C16H24N2O3. The van der Waals surface area contributed by atoms with Crippen molar-refractivity contribution in [3.05, 3.63) is 29.8 Å². The first-order chi connectivity index (χ1) is 9.92. The van der Waals surface area contributed by atoms with Gasteiger partial charge in [0.15, 0.2) is 0 Å². The molecule has 0 aliphatic heterocycles. The van der Waals surface area contributed by atoms with Crippen molar-refractivity contribution >= 4 is 17.6 Å². The minimum Gasteiger partial charge on any atom is -0.480 e. The number of benzene rings is 1. The Kier molecular flexibility index (Phi) is 6.88. The first kappa shape index (κ1) is 17.2. The molecule has 0 atom stereocenters. The summed E-state index contributed by atoms with van der Waals surface area (Å²) in [6, 6.07) is 7.71. The summed E-state index contributed by atoms with van der Waals surface area (Å²) in [7, 11) is 0. The van der Waals surface area contributed by atoms with Gasteiger partial charge in [-0.05, 0) is 36.6 Å². The van der Waals surface area contributed by atoms with Gasteiger partial charge in [0.1, 0.15) is 0 Å². The van der Waals surface area contributed by atoms with Crippen molar-refractivity contribution in [1.29, 1.82) is 0 Å². The number of hydrogen-bond donors (Lipinski definition) is 2. The summed E-state index contributed by atoms with van der Waals surface area (Å²) in [5.74, 6) is -0.662. The van der Waals surface area contributed by atoms with Gasteiger partial charge >= 0.3 is 5.97 Å². The van der Waals surface area contributed by atoms with Crippen molar-refractivity contribution in [3.8, 4) is 0 Å². The molecule has 0 saturated heterocycles. The van der Waals surface area contributed by atoms with Crippen molar-refractivity contribution < 1.29 is 14.7 Å². The summed E-state index contributed by atoms with van der Waals surface area (Å²) in [5, 5.41) is 11.6. The second kappa shape index (κ2) is 8.42. The Morgan fingerprint density at radius 2 is 1.81 bits per heavy atom. The van der Waals surface area contributed by atoms with Crippen molar-refractivity contribution in [2.75, 3.05) is 25.0 Å². The molecule has 1 amide bonds. The van der Waals surface area contributed by atoms with Gasteiger partial charge in [-0.3, -0.25) is 14.5 Å². The number of amides is 1. The smallest absolute Gasteiger partial charge is 0.317 e. The van der Waals surface area contributed by atoms with Gasteiger partial charge in [0, 0.05) is 5.69 Å². The Morgan fingerprint density at radius 1 is 1.19 bits per heavy atom. The molecule has 2 N–H and O–H groups in total. The summed E-state index contributed by atoms with van der Waals surface area (Å²) in [4.78, 5) is 24.3. The molecule has 1 aromatic carbocycles. The van der Waals surface area contributed by atoms with Crippen LogP contribution in [0.15, 0.2) is 24.3 Å². The number of carboxylic acid groups (broad SMARTS) is 1. The lowest BCUT2D eigenvalue weighted by Gasteiger charge is -2.18. The lowest BCUT2D eigenvalue weighted by atomic mass is 10.0. The highest BCUT2D eigenvalue weighted by molar-refractivity contribution is 5.92. The first-order valence-electron chi connectivity index (χ1n) is 7.26. The Labute approximate surface area is 126 Å². The topological polar surface area (TPSA) is 69.6 Å². The van der Waals surface area contributed by atoms with Gasteiger partial charge in [-0.2, -0.15) is 0 Å². The molecule has 0 fully saturated rings. The fraction of sp³-hybridized carbons (Fsp3) is 0.500. The maximum Gasteiger partial charge on any atom is 0.317 e. The van der Waals surface area contributed by atoms with Gasteiger partial charge in [0.2, 0.25) is 5.91 Å². The molecule has 0 unspecified atom stereocenters. The normalized spacial score (nSPS) is 10.9. The number of carbonyl (C=O) groups excluding carboxylic acids is 1. The number of nitrogens with one attached hydrogen (secondary N) is 1. The molecule has 5 nitrogen and oxygen atoms in total. The highest BCUT2D eigenvalue weighted by Gasteiger charge is 2.13. The van der Waals surface area contributed by atoms with E-state index in [2.05, 4.69) is 19.2 Å². The van der Waals surface area contributed by atoms with E-state index < -0.39 is 5.97 Å². The van der Waals surface area contributed by atoms with Gasteiger partial charge in [-0.25, -0.2) is 0 Å². The minimum absolute atomic E-state index is 0.0894. The maximum atomic E-state index is 12.0. The third kappa shape index (κ3) is 6.40. The number of nitrogens with zero attached hydrogens (tertiary/aromatic N) is 1. The van der Waals surface area contributed by atoms with E-state index in [4.69, 9.17) is 5.11 Å². The van der Waals surface area contributed by atoms with E-state index >= 15 is 0 Å². The fourth-order valence-electron chi connectivity index (χ4n) is 2.08. The van der Waals surface area contributed by atoms with Crippen molar-refractivity contribution in [2.24, 2.45) is 0 Å². The number of hydrogen-bond acceptors (Lipinski definition) is 3. The van der Waals surface area contributed by atoms with Gasteiger partial charge in [-0.1, -0.05) is 32.9 Å². The minimum atomic E-state index is -0.919. The summed E-state index contributed by atoms with van der Waals surface area (Å²) >= 11 is 0. The van der Waals surface area contributed by atoms with Crippen molar-refractivity contribution in [1.82, 2.24) is 4.90 Å². The molecular weight excluding hydrogens is 268 g/mol. The third-order valence-corrected chi connectivity index (χ3v) is 3.13. The molecule has 1 rings (SSSR count). The first-order valence-corrected chi connectivity index (χ1v) is 7.26. The van der Waals surface area contributed by atoms with Crippen LogP contribution in [0.5, 0.6) is 0 Å². The molecule has 0 saturated carbocycles. The molecule has 0 aliphatic rings. The Morgan fingerprint density at radius 3 is 2.29 bits per heavy atom. The third-order valence-electron chi connectivity index (χ3n) is 3.13. The monoisotopic (exact) mass is 292 g/mol. The van der Waals surface area contributed by atoms with Gasteiger partial charge in [0.25, 0.3) is 0 Å². The Bertz CT molecular complexity index is 469. The maximum absolute atomic E-state index is 12.0. The van der Waals surface area contributed by atoms with E-state index in [-0.39, 0.29) is 19.0 Å². The fourth-order valence-corrected chi connectivity index (χ4v) is 2.08. The number of carboxylic acids is 1. The zero-order valence-electron chi connectivity index (χ0n) is 12.9. The second-order valence-corrected chi connectivity index (χ2v) is 5.43. The quantitative estimate of drug-likeness (QED) is 0.772. The van der Waals surface area contributed by atoms with Crippen molar-refractivity contribution in [3.63, 3.8) is 0 Å². The van der Waals surface area contributed by atoms with Crippen LogP contribution in [-0.2, 0) is 9.59 Å². The SMILES string of the molecule is CCCN(CC(=O)O)CC(=O)Nc1ccc(C(C)C)cc1. The molecule has 0 bridgehead atoms. The molecule has 0 aromatic heterocycles. The lowest BCUT2D eigenvalue weighted by molar-refractivity contribution is -0.138. The number of aliphatic carboxylic acids is 1. The van der Waals surface area contributed by atoms with Crippen LogP contribution in [0.3, 0.4) is 0 Å². The van der Waals surface area contributed by atoms with Crippen LogP contribution in [0, 0.1) is 0 Å². The molecule has 0 radical (unpaired) electrons. The summed E-state index contributed by atoms with van der Waals surface area (Å²) in [5.41, 5.74) is 1.95. The molecule has 0 aliphatic carbocycles. The Balaban J connectivity index is 2.56. The predicted octanol–water partition coefficient (Wildman–Crippen LogP) is 2.55. The highest BCUT2D eigenvalue weighted by Crippen LogP contribution is 2.17. The molecule has 5 heteroatoms. The zero-order chi connectivity index (χ0) is 15.8. The van der Waals surface area contributed by atoms with Crippen LogP contribution >= 0.6 is 0 Å². The number of carbonyl (C=O) groups is 2. The van der Waals surface area contributed by atoms with Gasteiger partial charge in [0.05, 0.1) is 13.1 Å². The van der Waals surface area contributed by atoms with E-state index in [1.807, 2.05) is 31.2 Å². The van der Waals surface area contributed by atoms with Gasteiger partial charge < -0.3 is 10.4 Å². The number of anilines is 1. The molecule has 21 heavy (non-hydrogen) atoms. The van der Waals surface area contributed by atoms with Crippen LogP contribution in [0.1, 0.15) is 38.7 Å². The van der Waals surface area contributed by atoms with Crippen molar-refractivity contribution in [2.45, 2.75) is 33.1 Å².